The SMILES string of the molecule is COc1cccc(CC2CN(C(=O)CC(F)(F)F)CCO2)c1. The lowest BCUT2D eigenvalue weighted by Crippen LogP contribution is -2.47. The van der Waals surface area contributed by atoms with Crippen LogP contribution in [0.5, 0.6) is 5.75 Å². The molecule has 4 nitrogen and oxygen atoms in total. The molecule has 1 saturated heterocycles. The van der Waals surface area contributed by atoms with Gasteiger partial charge in [0.1, 0.15) is 12.2 Å². The van der Waals surface area contributed by atoms with Crippen molar-refractivity contribution < 1.29 is 27.4 Å². The summed E-state index contributed by atoms with van der Waals surface area (Å²) in [5.74, 6) is -0.190. The van der Waals surface area contributed by atoms with Gasteiger partial charge in [-0.1, -0.05) is 12.1 Å². The second-order valence-electron chi connectivity index (χ2n) is 5.18. The molecule has 0 bridgehead atoms. The first-order valence-corrected chi connectivity index (χ1v) is 6.96. The molecular weight excluding hydrogens is 299 g/mol. The molecule has 1 aromatic rings. The summed E-state index contributed by atoms with van der Waals surface area (Å²) in [6, 6.07) is 7.39. The van der Waals surface area contributed by atoms with E-state index in [1.165, 1.54) is 4.90 Å². The highest BCUT2D eigenvalue weighted by Crippen LogP contribution is 2.22. The molecule has 2 rings (SSSR count). The fourth-order valence-electron chi connectivity index (χ4n) is 2.41. The average Bonchev–Trinajstić information content (AvgIpc) is 2.46. The van der Waals surface area contributed by atoms with Crippen molar-refractivity contribution in [3.05, 3.63) is 29.8 Å². The standard InChI is InChI=1S/C15H18F3NO3/c1-21-12-4-2-3-11(7-12)8-13-10-19(5-6-22-13)14(20)9-15(16,17)18/h2-4,7,13H,5-6,8-10H2,1H3. The third-order valence-electron chi connectivity index (χ3n) is 3.44. The van der Waals surface area contributed by atoms with Crippen LogP contribution in [-0.2, 0) is 16.0 Å². The van der Waals surface area contributed by atoms with E-state index in [9.17, 15) is 18.0 Å². The molecule has 1 aromatic carbocycles. The molecule has 0 radical (unpaired) electrons. The summed E-state index contributed by atoms with van der Waals surface area (Å²) in [5, 5.41) is 0. The smallest absolute Gasteiger partial charge is 0.397 e. The summed E-state index contributed by atoms with van der Waals surface area (Å²) in [4.78, 5) is 12.9. The van der Waals surface area contributed by atoms with Crippen molar-refractivity contribution in [3.63, 3.8) is 0 Å². The summed E-state index contributed by atoms with van der Waals surface area (Å²) in [6.45, 7) is 0.619. The van der Waals surface area contributed by atoms with Gasteiger partial charge in [0.2, 0.25) is 5.91 Å². The van der Waals surface area contributed by atoms with Crippen LogP contribution in [0.1, 0.15) is 12.0 Å². The number of hydrogen-bond donors (Lipinski definition) is 0. The van der Waals surface area contributed by atoms with Gasteiger partial charge in [0.15, 0.2) is 0 Å². The van der Waals surface area contributed by atoms with E-state index in [0.29, 0.717) is 12.2 Å². The van der Waals surface area contributed by atoms with Gasteiger partial charge in [-0.2, -0.15) is 13.2 Å². The van der Waals surface area contributed by atoms with Crippen molar-refractivity contribution >= 4 is 5.91 Å². The fourth-order valence-corrected chi connectivity index (χ4v) is 2.41. The fraction of sp³-hybridized carbons (Fsp3) is 0.533. The minimum Gasteiger partial charge on any atom is -0.497 e. The number of ether oxygens (including phenoxy) is 2. The van der Waals surface area contributed by atoms with Gasteiger partial charge in [-0.25, -0.2) is 0 Å². The number of nitrogens with zero attached hydrogens (tertiary/aromatic N) is 1. The number of carbonyl (C=O) groups is 1. The van der Waals surface area contributed by atoms with E-state index in [4.69, 9.17) is 9.47 Å². The summed E-state index contributed by atoms with van der Waals surface area (Å²) >= 11 is 0. The van der Waals surface area contributed by atoms with Gasteiger partial charge in [0.05, 0.1) is 19.8 Å². The van der Waals surface area contributed by atoms with E-state index in [1.54, 1.807) is 7.11 Å². The van der Waals surface area contributed by atoms with Gasteiger partial charge in [0, 0.05) is 19.5 Å². The number of morpholine rings is 1. The van der Waals surface area contributed by atoms with Crippen LogP contribution in [0.25, 0.3) is 0 Å². The highest BCUT2D eigenvalue weighted by atomic mass is 19.4. The molecule has 1 aliphatic heterocycles. The molecule has 122 valence electrons. The van der Waals surface area contributed by atoms with E-state index >= 15 is 0 Å². The molecule has 1 heterocycles. The molecule has 22 heavy (non-hydrogen) atoms. The first-order chi connectivity index (χ1) is 10.4. The van der Waals surface area contributed by atoms with Gasteiger partial charge in [-0.15, -0.1) is 0 Å². The zero-order chi connectivity index (χ0) is 16.2. The minimum atomic E-state index is -4.47. The third-order valence-corrected chi connectivity index (χ3v) is 3.44. The van der Waals surface area contributed by atoms with Crippen LogP contribution in [0.4, 0.5) is 13.2 Å². The van der Waals surface area contributed by atoms with Gasteiger partial charge in [0.25, 0.3) is 0 Å². The van der Waals surface area contributed by atoms with Gasteiger partial charge in [-0.05, 0) is 17.7 Å². The van der Waals surface area contributed by atoms with Crippen molar-refractivity contribution in [3.8, 4) is 5.75 Å². The molecular formula is C15H18F3NO3. The zero-order valence-electron chi connectivity index (χ0n) is 12.2. The van der Waals surface area contributed by atoms with Crippen LogP contribution in [0.2, 0.25) is 0 Å². The van der Waals surface area contributed by atoms with Crippen LogP contribution in [0.3, 0.4) is 0 Å². The second-order valence-corrected chi connectivity index (χ2v) is 5.18. The number of methoxy groups -OCH3 is 1. The quantitative estimate of drug-likeness (QED) is 0.856. The summed E-state index contributed by atoms with van der Waals surface area (Å²) in [5.41, 5.74) is 0.953. The number of rotatable bonds is 4. The van der Waals surface area contributed by atoms with Gasteiger partial charge in [-0.3, -0.25) is 4.79 Å². The molecule has 1 amide bonds. The van der Waals surface area contributed by atoms with Crippen LogP contribution in [0, 0.1) is 0 Å². The molecule has 0 spiro atoms. The number of amides is 1. The summed E-state index contributed by atoms with van der Waals surface area (Å²) in [6.07, 6.45) is -5.68. The Hall–Kier alpha value is -1.76. The minimum absolute atomic E-state index is 0.173. The van der Waals surface area contributed by atoms with Crippen LogP contribution in [-0.4, -0.2) is 49.9 Å². The third kappa shape index (κ3) is 4.91. The largest absolute Gasteiger partial charge is 0.497 e. The molecule has 0 aromatic heterocycles. The Labute approximate surface area is 126 Å². The Morgan fingerprint density at radius 2 is 2.23 bits per heavy atom. The molecule has 0 aliphatic carbocycles. The van der Waals surface area contributed by atoms with E-state index in [1.807, 2.05) is 24.3 Å². The maximum absolute atomic E-state index is 12.3. The van der Waals surface area contributed by atoms with Crippen molar-refractivity contribution in [1.29, 1.82) is 0 Å². The molecule has 7 heteroatoms. The predicted octanol–water partition coefficient (Wildman–Crippen LogP) is 2.42. The zero-order valence-corrected chi connectivity index (χ0v) is 12.2. The molecule has 0 saturated carbocycles. The van der Waals surface area contributed by atoms with Crippen LogP contribution in [0.15, 0.2) is 24.3 Å². The Bertz CT molecular complexity index is 519. The Kier molecular flexibility index (Phi) is 5.28. The molecule has 1 fully saturated rings. The molecule has 1 aliphatic rings. The highest BCUT2D eigenvalue weighted by Gasteiger charge is 2.35. The lowest BCUT2D eigenvalue weighted by atomic mass is 10.1. The second kappa shape index (κ2) is 7.00. The molecule has 1 unspecified atom stereocenters. The first kappa shape index (κ1) is 16.6. The van der Waals surface area contributed by atoms with E-state index in [0.717, 1.165) is 5.56 Å². The van der Waals surface area contributed by atoms with Crippen LogP contribution >= 0.6 is 0 Å². The van der Waals surface area contributed by atoms with Gasteiger partial charge < -0.3 is 14.4 Å². The van der Waals surface area contributed by atoms with E-state index in [-0.39, 0.29) is 25.8 Å². The topological polar surface area (TPSA) is 38.8 Å². The van der Waals surface area contributed by atoms with Crippen molar-refractivity contribution in [2.24, 2.45) is 0 Å². The lowest BCUT2D eigenvalue weighted by Gasteiger charge is -2.33. The summed E-state index contributed by atoms with van der Waals surface area (Å²) in [7, 11) is 1.56. The number of carbonyl (C=O) groups excluding carboxylic acids is 1. The summed E-state index contributed by atoms with van der Waals surface area (Å²) < 4.78 is 47.6. The number of halogens is 3. The number of benzene rings is 1. The normalized spacial score (nSPS) is 19.1. The lowest BCUT2D eigenvalue weighted by molar-refractivity contribution is -0.166. The monoisotopic (exact) mass is 317 g/mol. The Morgan fingerprint density at radius 3 is 2.91 bits per heavy atom. The predicted molar refractivity (Wildman–Crippen MR) is 73.7 cm³/mol. The Morgan fingerprint density at radius 1 is 1.45 bits per heavy atom. The van der Waals surface area contributed by atoms with Crippen molar-refractivity contribution in [1.82, 2.24) is 4.90 Å². The van der Waals surface area contributed by atoms with E-state index < -0.39 is 18.5 Å². The molecule has 0 N–H and O–H groups in total. The first-order valence-electron chi connectivity index (χ1n) is 6.96. The van der Waals surface area contributed by atoms with E-state index in [2.05, 4.69) is 0 Å². The van der Waals surface area contributed by atoms with Gasteiger partial charge >= 0.3 is 6.18 Å². The maximum atomic E-state index is 12.3. The molecule has 1 atom stereocenters. The maximum Gasteiger partial charge on any atom is 0.397 e. The number of alkyl halides is 3. The van der Waals surface area contributed by atoms with Crippen molar-refractivity contribution in [2.45, 2.75) is 25.1 Å². The number of hydrogen-bond acceptors (Lipinski definition) is 3. The Balaban J connectivity index is 1.94. The van der Waals surface area contributed by atoms with Crippen molar-refractivity contribution in [2.75, 3.05) is 26.8 Å². The van der Waals surface area contributed by atoms with Crippen LogP contribution < -0.4 is 4.74 Å². The highest BCUT2D eigenvalue weighted by molar-refractivity contribution is 5.77. The average molecular weight is 317 g/mol.